The van der Waals surface area contributed by atoms with Gasteiger partial charge in [0.25, 0.3) is 0 Å². The molecule has 2 heterocycles. The molecular formula is C15H20N4. The van der Waals surface area contributed by atoms with Crippen LogP contribution in [0, 0.1) is 0 Å². The molecule has 0 saturated heterocycles. The summed E-state index contributed by atoms with van der Waals surface area (Å²) in [5, 5.41) is 7.73. The summed E-state index contributed by atoms with van der Waals surface area (Å²) in [6.07, 6.45) is 8.69. The zero-order valence-electron chi connectivity index (χ0n) is 11.4. The molecule has 2 aromatic rings. The van der Waals surface area contributed by atoms with Crippen molar-refractivity contribution in [3.63, 3.8) is 0 Å². The number of hydrogen-bond acceptors (Lipinski definition) is 3. The lowest BCUT2D eigenvalue weighted by molar-refractivity contribution is 0.627. The number of nitrogens with zero attached hydrogens (tertiary/aromatic N) is 3. The molecule has 0 bridgehead atoms. The topological polar surface area (TPSA) is 42.7 Å². The molecule has 0 spiro atoms. The number of hydrogen-bond donors (Lipinski definition) is 1. The van der Waals surface area contributed by atoms with Crippen molar-refractivity contribution in [2.75, 3.05) is 5.32 Å². The van der Waals surface area contributed by atoms with Crippen LogP contribution in [0.15, 0.2) is 24.5 Å². The first-order chi connectivity index (χ1) is 9.36. The van der Waals surface area contributed by atoms with Crippen LogP contribution in [0.1, 0.15) is 36.7 Å². The molecule has 1 aliphatic rings. The third-order valence-corrected chi connectivity index (χ3v) is 3.75. The number of nitrogens with one attached hydrogen (secondary N) is 1. The molecule has 4 heteroatoms. The number of aromatic nitrogens is 3. The van der Waals surface area contributed by atoms with E-state index in [1.165, 1.54) is 36.2 Å². The smallest absolute Gasteiger partial charge is 0.0575 e. The van der Waals surface area contributed by atoms with Crippen LogP contribution in [-0.4, -0.2) is 14.8 Å². The Hall–Kier alpha value is -1.84. The number of rotatable bonds is 4. The van der Waals surface area contributed by atoms with Gasteiger partial charge in [-0.1, -0.05) is 0 Å². The van der Waals surface area contributed by atoms with Crippen molar-refractivity contribution >= 4 is 5.69 Å². The summed E-state index contributed by atoms with van der Waals surface area (Å²) in [7, 11) is 0. The summed E-state index contributed by atoms with van der Waals surface area (Å²) >= 11 is 0. The van der Waals surface area contributed by atoms with Crippen molar-refractivity contribution in [3.8, 4) is 0 Å². The summed E-state index contributed by atoms with van der Waals surface area (Å²) < 4.78 is 2.01. The Kier molecular flexibility index (Phi) is 3.49. The predicted molar refractivity (Wildman–Crippen MR) is 76.1 cm³/mol. The molecule has 0 aromatic carbocycles. The molecule has 0 radical (unpaired) electrons. The van der Waals surface area contributed by atoms with Gasteiger partial charge >= 0.3 is 0 Å². The van der Waals surface area contributed by atoms with Crippen LogP contribution in [0.25, 0.3) is 0 Å². The van der Waals surface area contributed by atoms with Gasteiger partial charge in [0.1, 0.15) is 0 Å². The molecule has 0 fully saturated rings. The highest BCUT2D eigenvalue weighted by atomic mass is 15.3. The molecule has 1 aliphatic carbocycles. The second kappa shape index (κ2) is 5.43. The van der Waals surface area contributed by atoms with E-state index in [9.17, 15) is 0 Å². The van der Waals surface area contributed by atoms with Crippen LogP contribution in [-0.2, 0) is 25.9 Å². The van der Waals surface area contributed by atoms with Crippen LogP contribution < -0.4 is 5.32 Å². The van der Waals surface area contributed by atoms with E-state index in [0.29, 0.717) is 0 Å². The van der Waals surface area contributed by atoms with Gasteiger partial charge in [0, 0.05) is 18.4 Å². The van der Waals surface area contributed by atoms with Crippen molar-refractivity contribution in [2.24, 2.45) is 0 Å². The molecule has 0 saturated carbocycles. The van der Waals surface area contributed by atoms with E-state index in [2.05, 4.69) is 34.5 Å². The highest BCUT2D eigenvalue weighted by Crippen LogP contribution is 2.22. The lowest BCUT2D eigenvalue weighted by Gasteiger charge is -2.16. The lowest BCUT2D eigenvalue weighted by Crippen LogP contribution is -2.10. The number of fused-ring (bicyclic) bond motifs is 1. The molecule has 100 valence electrons. The van der Waals surface area contributed by atoms with Crippen molar-refractivity contribution in [1.82, 2.24) is 14.8 Å². The first-order valence-electron chi connectivity index (χ1n) is 7.09. The van der Waals surface area contributed by atoms with Crippen LogP contribution in [0.3, 0.4) is 0 Å². The van der Waals surface area contributed by atoms with Gasteiger partial charge in [0.15, 0.2) is 0 Å². The monoisotopic (exact) mass is 256 g/mol. The van der Waals surface area contributed by atoms with Gasteiger partial charge in [-0.25, -0.2) is 0 Å². The Morgan fingerprint density at radius 1 is 1.32 bits per heavy atom. The van der Waals surface area contributed by atoms with Crippen molar-refractivity contribution in [3.05, 3.63) is 41.5 Å². The van der Waals surface area contributed by atoms with Crippen molar-refractivity contribution in [2.45, 2.75) is 45.7 Å². The average Bonchev–Trinajstić information content (AvgIpc) is 2.92. The van der Waals surface area contributed by atoms with E-state index < -0.39 is 0 Å². The fourth-order valence-corrected chi connectivity index (χ4v) is 2.67. The molecule has 0 unspecified atom stereocenters. The Labute approximate surface area is 113 Å². The normalized spacial score (nSPS) is 14.2. The SMILES string of the molecule is CCn1nccc1CNc1cnc2c(c1)CCCC2. The second-order valence-corrected chi connectivity index (χ2v) is 5.03. The Bertz CT molecular complexity index is 559. The Balaban J connectivity index is 1.70. The minimum Gasteiger partial charge on any atom is -0.378 e. The zero-order valence-corrected chi connectivity index (χ0v) is 11.4. The van der Waals surface area contributed by atoms with Gasteiger partial charge in [-0.3, -0.25) is 9.67 Å². The van der Waals surface area contributed by atoms with Gasteiger partial charge < -0.3 is 5.32 Å². The second-order valence-electron chi connectivity index (χ2n) is 5.03. The van der Waals surface area contributed by atoms with Crippen LogP contribution in [0.2, 0.25) is 0 Å². The molecule has 4 nitrogen and oxygen atoms in total. The fraction of sp³-hybridized carbons (Fsp3) is 0.467. The van der Waals surface area contributed by atoms with Crippen LogP contribution >= 0.6 is 0 Å². The number of pyridine rings is 1. The standard InChI is InChI=1S/C15H20N4/c1-2-19-14(7-8-18-19)11-16-13-9-12-5-3-4-6-15(12)17-10-13/h7-10,16H,2-6,11H2,1H3. The molecule has 0 aliphatic heterocycles. The number of anilines is 1. The van der Waals surface area contributed by atoms with E-state index in [-0.39, 0.29) is 0 Å². The Morgan fingerprint density at radius 2 is 2.21 bits per heavy atom. The third-order valence-electron chi connectivity index (χ3n) is 3.75. The molecule has 3 rings (SSSR count). The van der Waals surface area contributed by atoms with Crippen molar-refractivity contribution < 1.29 is 0 Å². The maximum Gasteiger partial charge on any atom is 0.0575 e. The first kappa shape index (κ1) is 12.2. The van der Waals surface area contributed by atoms with Gasteiger partial charge in [0.05, 0.1) is 24.1 Å². The third kappa shape index (κ3) is 2.62. The lowest BCUT2D eigenvalue weighted by atomic mass is 9.96. The van der Waals surface area contributed by atoms with Crippen LogP contribution in [0.5, 0.6) is 0 Å². The fourth-order valence-electron chi connectivity index (χ4n) is 2.67. The zero-order chi connectivity index (χ0) is 13.1. The quantitative estimate of drug-likeness (QED) is 0.914. The first-order valence-corrected chi connectivity index (χ1v) is 7.09. The molecule has 19 heavy (non-hydrogen) atoms. The van der Waals surface area contributed by atoms with E-state index in [0.717, 1.165) is 25.2 Å². The van der Waals surface area contributed by atoms with Crippen LogP contribution in [0.4, 0.5) is 5.69 Å². The summed E-state index contributed by atoms with van der Waals surface area (Å²) in [5.74, 6) is 0. The largest absolute Gasteiger partial charge is 0.378 e. The van der Waals surface area contributed by atoms with Gasteiger partial charge in [-0.15, -0.1) is 0 Å². The summed E-state index contributed by atoms with van der Waals surface area (Å²) in [5.41, 5.74) is 5.03. The predicted octanol–water partition coefficient (Wildman–Crippen LogP) is 2.79. The van der Waals surface area contributed by atoms with E-state index in [1.807, 2.05) is 17.1 Å². The van der Waals surface area contributed by atoms with E-state index in [1.54, 1.807) is 0 Å². The number of aryl methyl sites for hydroxylation is 3. The maximum atomic E-state index is 4.58. The van der Waals surface area contributed by atoms with Gasteiger partial charge in [0.2, 0.25) is 0 Å². The summed E-state index contributed by atoms with van der Waals surface area (Å²) in [6.45, 7) is 3.82. The molecule has 0 atom stereocenters. The minimum absolute atomic E-state index is 0.800. The summed E-state index contributed by atoms with van der Waals surface area (Å²) in [4.78, 5) is 4.58. The van der Waals surface area contributed by atoms with Crippen molar-refractivity contribution in [1.29, 1.82) is 0 Å². The maximum absolute atomic E-state index is 4.58. The van der Waals surface area contributed by atoms with E-state index >= 15 is 0 Å². The molecule has 1 N–H and O–H groups in total. The van der Waals surface area contributed by atoms with Gasteiger partial charge in [-0.2, -0.15) is 5.10 Å². The highest BCUT2D eigenvalue weighted by Gasteiger charge is 2.10. The average molecular weight is 256 g/mol. The molecule has 2 aromatic heterocycles. The van der Waals surface area contributed by atoms with E-state index in [4.69, 9.17) is 0 Å². The Morgan fingerprint density at radius 3 is 3.11 bits per heavy atom. The minimum atomic E-state index is 0.800. The summed E-state index contributed by atoms with van der Waals surface area (Å²) in [6, 6.07) is 4.32. The van der Waals surface area contributed by atoms with Gasteiger partial charge in [-0.05, 0) is 50.3 Å². The molecule has 0 amide bonds. The highest BCUT2D eigenvalue weighted by molar-refractivity contribution is 5.45. The molecular weight excluding hydrogens is 236 g/mol.